The predicted molar refractivity (Wildman–Crippen MR) is 82.2 cm³/mol. The van der Waals surface area contributed by atoms with Crippen molar-refractivity contribution in [2.24, 2.45) is 4.99 Å². The summed E-state index contributed by atoms with van der Waals surface area (Å²) in [7, 11) is 0. The van der Waals surface area contributed by atoms with E-state index in [0.717, 1.165) is 0 Å². The molecule has 0 spiro atoms. The Morgan fingerprint density at radius 3 is 2.70 bits per heavy atom. The Morgan fingerprint density at radius 2 is 1.96 bits per heavy atom. The molecule has 0 aromatic heterocycles. The van der Waals surface area contributed by atoms with Gasteiger partial charge in [-0.25, -0.2) is 9.38 Å². The van der Waals surface area contributed by atoms with Crippen LogP contribution in [0.1, 0.15) is 11.1 Å². The second kappa shape index (κ2) is 5.80. The molecule has 0 unspecified atom stereocenters. The Bertz CT molecular complexity index is 874. The van der Waals surface area contributed by atoms with Gasteiger partial charge in [0, 0.05) is 23.3 Å². The Hall–Kier alpha value is -3.35. The van der Waals surface area contributed by atoms with Crippen LogP contribution >= 0.6 is 0 Å². The van der Waals surface area contributed by atoms with Crippen molar-refractivity contribution in [1.29, 1.82) is 0 Å². The molecule has 23 heavy (non-hydrogen) atoms. The Morgan fingerprint density at radius 1 is 1.17 bits per heavy atom. The largest absolute Gasteiger partial charge is 0.305 e. The van der Waals surface area contributed by atoms with Gasteiger partial charge in [0.1, 0.15) is 17.3 Å². The predicted octanol–water partition coefficient (Wildman–Crippen LogP) is 2.65. The minimum absolute atomic E-state index is 0.0385. The monoisotopic (exact) mass is 311 g/mol. The maximum Gasteiger partial charge on any atom is 0.275 e. The number of halogens is 1. The first-order chi connectivity index (χ1) is 11.0. The van der Waals surface area contributed by atoms with Crippen LogP contribution in [0.5, 0.6) is 0 Å². The van der Waals surface area contributed by atoms with E-state index in [9.17, 15) is 19.3 Å². The second-order valence-electron chi connectivity index (χ2n) is 4.77. The minimum Gasteiger partial charge on any atom is -0.305 e. The van der Waals surface area contributed by atoms with Crippen LogP contribution in [0, 0.1) is 15.9 Å². The van der Waals surface area contributed by atoms with E-state index in [-0.39, 0.29) is 22.8 Å². The van der Waals surface area contributed by atoms with Crippen LogP contribution in [0.2, 0.25) is 0 Å². The van der Waals surface area contributed by atoms with Crippen LogP contribution in [0.15, 0.2) is 59.2 Å². The summed E-state index contributed by atoms with van der Waals surface area (Å²) in [5.74, 6) is -0.761. The topological polar surface area (TPSA) is 84.6 Å². The molecule has 2 aromatic carbocycles. The fourth-order valence-electron chi connectivity index (χ4n) is 2.11. The highest BCUT2D eigenvalue weighted by molar-refractivity contribution is 6.19. The number of benzene rings is 2. The molecule has 0 aliphatic carbocycles. The summed E-state index contributed by atoms with van der Waals surface area (Å²) in [4.78, 5) is 26.3. The molecule has 0 fully saturated rings. The standard InChI is InChI=1S/C16H10FN3O3/c17-13-7-2-1-4-10(13)9-14-16(21)19-15(18-14)11-5-3-6-12(8-11)20(22)23/h1-9H,(H,18,19,21)/b14-9-. The van der Waals surface area contributed by atoms with Gasteiger partial charge in [-0.3, -0.25) is 14.9 Å². The number of nitrogens with one attached hydrogen (secondary N) is 1. The molecule has 1 aliphatic rings. The van der Waals surface area contributed by atoms with E-state index in [1.807, 2.05) is 0 Å². The number of nitro benzene ring substituents is 1. The first-order valence-corrected chi connectivity index (χ1v) is 6.66. The van der Waals surface area contributed by atoms with E-state index >= 15 is 0 Å². The molecular formula is C16H10FN3O3. The highest BCUT2D eigenvalue weighted by Gasteiger charge is 2.22. The summed E-state index contributed by atoms with van der Waals surface area (Å²) in [6.07, 6.45) is 1.33. The van der Waals surface area contributed by atoms with Crippen molar-refractivity contribution in [3.8, 4) is 0 Å². The van der Waals surface area contributed by atoms with Gasteiger partial charge in [-0.15, -0.1) is 0 Å². The quantitative estimate of drug-likeness (QED) is 0.537. The number of hydrogen-bond donors (Lipinski definition) is 1. The van der Waals surface area contributed by atoms with Crippen LogP contribution < -0.4 is 5.32 Å². The van der Waals surface area contributed by atoms with Crippen molar-refractivity contribution in [1.82, 2.24) is 5.32 Å². The van der Waals surface area contributed by atoms with E-state index in [4.69, 9.17) is 0 Å². The van der Waals surface area contributed by atoms with Gasteiger partial charge in [0.15, 0.2) is 0 Å². The van der Waals surface area contributed by atoms with Crippen LogP contribution in [-0.2, 0) is 4.79 Å². The van der Waals surface area contributed by atoms with Crippen molar-refractivity contribution >= 4 is 23.5 Å². The molecule has 1 aliphatic heterocycles. The highest BCUT2D eigenvalue weighted by atomic mass is 19.1. The highest BCUT2D eigenvalue weighted by Crippen LogP contribution is 2.19. The minimum atomic E-state index is -0.531. The summed E-state index contributed by atoms with van der Waals surface area (Å²) in [6.45, 7) is 0. The van der Waals surface area contributed by atoms with Gasteiger partial charge < -0.3 is 5.32 Å². The number of carbonyl (C=O) groups is 1. The molecule has 0 saturated heterocycles. The summed E-state index contributed by atoms with van der Waals surface area (Å²) < 4.78 is 13.6. The van der Waals surface area contributed by atoms with Crippen molar-refractivity contribution in [2.45, 2.75) is 0 Å². The maximum absolute atomic E-state index is 13.6. The summed E-state index contributed by atoms with van der Waals surface area (Å²) in [5, 5.41) is 13.3. The van der Waals surface area contributed by atoms with E-state index in [0.29, 0.717) is 5.56 Å². The number of amidine groups is 1. The van der Waals surface area contributed by atoms with Crippen LogP contribution in [0.4, 0.5) is 10.1 Å². The lowest BCUT2D eigenvalue weighted by Crippen LogP contribution is -2.24. The Kier molecular flexibility index (Phi) is 3.68. The van der Waals surface area contributed by atoms with Crippen LogP contribution in [-0.4, -0.2) is 16.7 Å². The van der Waals surface area contributed by atoms with Crippen LogP contribution in [0.25, 0.3) is 6.08 Å². The van der Waals surface area contributed by atoms with Gasteiger partial charge >= 0.3 is 0 Å². The fourth-order valence-corrected chi connectivity index (χ4v) is 2.11. The molecule has 0 bridgehead atoms. The van der Waals surface area contributed by atoms with Gasteiger partial charge in [-0.2, -0.15) is 0 Å². The fraction of sp³-hybridized carbons (Fsp3) is 0. The van der Waals surface area contributed by atoms with Crippen molar-refractivity contribution < 1.29 is 14.1 Å². The molecule has 0 saturated carbocycles. The van der Waals surface area contributed by atoms with Crippen molar-refractivity contribution in [3.05, 3.63) is 81.3 Å². The molecule has 114 valence electrons. The van der Waals surface area contributed by atoms with Crippen molar-refractivity contribution in [2.75, 3.05) is 0 Å². The smallest absolute Gasteiger partial charge is 0.275 e. The number of hydrogen-bond acceptors (Lipinski definition) is 4. The first-order valence-electron chi connectivity index (χ1n) is 6.66. The lowest BCUT2D eigenvalue weighted by molar-refractivity contribution is -0.384. The molecule has 0 atom stereocenters. The molecule has 2 aromatic rings. The lowest BCUT2D eigenvalue weighted by Gasteiger charge is -1.99. The average Bonchev–Trinajstić information content (AvgIpc) is 2.91. The number of aliphatic imine (C=N–C) groups is 1. The zero-order chi connectivity index (χ0) is 16.4. The molecule has 0 radical (unpaired) electrons. The second-order valence-corrected chi connectivity index (χ2v) is 4.77. The number of non-ortho nitro benzene ring substituents is 1. The number of amides is 1. The number of carbonyl (C=O) groups excluding carboxylic acids is 1. The van der Waals surface area contributed by atoms with Crippen LogP contribution in [0.3, 0.4) is 0 Å². The van der Waals surface area contributed by atoms with Gasteiger partial charge in [0.25, 0.3) is 11.6 Å². The Balaban J connectivity index is 1.97. The van der Waals surface area contributed by atoms with Crippen molar-refractivity contribution in [3.63, 3.8) is 0 Å². The third kappa shape index (κ3) is 2.98. The lowest BCUT2D eigenvalue weighted by atomic mass is 10.2. The molecule has 7 heteroatoms. The molecule has 6 nitrogen and oxygen atoms in total. The molecule has 1 N–H and O–H groups in total. The van der Waals surface area contributed by atoms with Gasteiger partial charge in [0.2, 0.25) is 0 Å². The number of nitro groups is 1. The first kappa shape index (κ1) is 14.6. The van der Waals surface area contributed by atoms with E-state index in [2.05, 4.69) is 10.3 Å². The number of rotatable bonds is 3. The Labute approximate surface area is 130 Å². The summed E-state index contributed by atoms with van der Waals surface area (Å²) >= 11 is 0. The third-order valence-electron chi connectivity index (χ3n) is 3.22. The number of nitrogens with zero attached hydrogens (tertiary/aromatic N) is 2. The van der Waals surface area contributed by atoms with E-state index < -0.39 is 16.6 Å². The van der Waals surface area contributed by atoms with Gasteiger partial charge in [-0.1, -0.05) is 30.3 Å². The average molecular weight is 311 g/mol. The third-order valence-corrected chi connectivity index (χ3v) is 3.22. The SMILES string of the molecule is O=C1NC(c2cccc([N+](=O)[O-])c2)=N/C1=C\c1ccccc1F. The molecular weight excluding hydrogens is 301 g/mol. The summed E-state index contributed by atoms with van der Waals surface area (Å²) in [5.41, 5.74) is 0.578. The summed E-state index contributed by atoms with van der Waals surface area (Å²) in [6, 6.07) is 11.7. The zero-order valence-corrected chi connectivity index (χ0v) is 11.7. The molecule has 1 heterocycles. The molecule has 1 amide bonds. The van der Waals surface area contributed by atoms with Gasteiger partial charge in [0.05, 0.1) is 4.92 Å². The molecule has 3 rings (SSSR count). The van der Waals surface area contributed by atoms with Gasteiger partial charge in [-0.05, 0) is 12.1 Å². The zero-order valence-electron chi connectivity index (χ0n) is 11.7. The normalized spacial score (nSPS) is 15.4. The van der Waals surface area contributed by atoms with E-state index in [1.165, 1.54) is 36.4 Å². The van der Waals surface area contributed by atoms with E-state index in [1.54, 1.807) is 18.2 Å². The maximum atomic E-state index is 13.6.